The zero-order valence-corrected chi connectivity index (χ0v) is 31.6. The predicted molar refractivity (Wildman–Crippen MR) is 248 cm³/mol. The van der Waals surface area contributed by atoms with Crippen molar-refractivity contribution in [3.8, 4) is 16.8 Å². The van der Waals surface area contributed by atoms with E-state index in [0.717, 1.165) is 16.7 Å². The first-order valence-electron chi connectivity index (χ1n) is 20.4. The highest BCUT2D eigenvalue weighted by Crippen LogP contribution is 2.48. The van der Waals surface area contributed by atoms with E-state index in [4.69, 9.17) is 4.98 Å². The lowest BCUT2D eigenvalue weighted by atomic mass is 9.97. The Kier molecular flexibility index (Phi) is 5.38. The third-order valence-electron chi connectivity index (χ3n) is 13.4. The Labute approximate surface area is 335 Å². The van der Waals surface area contributed by atoms with Crippen LogP contribution in [0, 0.1) is 0 Å². The molecule has 0 amide bonds. The third kappa shape index (κ3) is 3.60. The molecule has 6 aromatic heterocycles. The van der Waals surface area contributed by atoms with E-state index in [-0.39, 0.29) is 0 Å². The van der Waals surface area contributed by atoms with E-state index in [9.17, 15) is 0 Å². The molecule has 6 heterocycles. The zero-order chi connectivity index (χ0) is 38.1. The van der Waals surface area contributed by atoms with Crippen molar-refractivity contribution in [3.05, 3.63) is 182 Å². The Morgan fingerprint density at radius 2 is 0.949 bits per heavy atom. The van der Waals surface area contributed by atoms with Gasteiger partial charge in [-0.1, -0.05) is 127 Å². The minimum Gasteiger partial charge on any atom is -0.309 e. The lowest BCUT2D eigenvalue weighted by Crippen LogP contribution is -1.93. The van der Waals surface area contributed by atoms with Crippen LogP contribution in [0.15, 0.2) is 182 Å². The first-order valence-corrected chi connectivity index (χ1v) is 20.4. The summed E-state index contributed by atoms with van der Waals surface area (Å²) >= 11 is 0. The van der Waals surface area contributed by atoms with Gasteiger partial charge in [-0.25, -0.2) is 4.98 Å². The Hall–Kier alpha value is -7.95. The maximum atomic E-state index is 5.78. The molecule has 0 atom stereocenters. The van der Waals surface area contributed by atoms with Gasteiger partial charge >= 0.3 is 0 Å². The molecule has 0 saturated heterocycles. The van der Waals surface area contributed by atoms with Crippen molar-refractivity contribution in [3.63, 3.8) is 0 Å². The van der Waals surface area contributed by atoms with Crippen molar-refractivity contribution in [2.75, 3.05) is 0 Å². The van der Waals surface area contributed by atoms with E-state index < -0.39 is 0 Å². The summed E-state index contributed by atoms with van der Waals surface area (Å²) in [7, 11) is 0. The quantitative estimate of drug-likeness (QED) is 0.173. The van der Waals surface area contributed by atoms with Gasteiger partial charge in [0.1, 0.15) is 5.65 Å². The molecule has 4 nitrogen and oxygen atoms in total. The topological polar surface area (TPSA) is 26.6 Å². The van der Waals surface area contributed by atoms with E-state index in [1.54, 1.807) is 0 Å². The first-order chi connectivity index (χ1) is 29.3. The number of benzene rings is 9. The maximum absolute atomic E-state index is 5.78. The molecule has 4 heteroatoms. The molecule has 59 heavy (non-hydrogen) atoms. The van der Waals surface area contributed by atoms with E-state index in [1.807, 2.05) is 0 Å². The van der Waals surface area contributed by atoms with Crippen LogP contribution in [0.1, 0.15) is 0 Å². The van der Waals surface area contributed by atoms with Crippen molar-refractivity contribution in [2.45, 2.75) is 0 Å². The SMILES string of the molecule is c1ccc(-n2c3ccccc3c3cc(-c4cccc5c6c7ccccc7cc7c8nc9c(cc8n(c45)c76)c4c5ccccc5cc5c6ccccc6n9c54)ccc32)cc1. The smallest absolute Gasteiger partial charge is 0.146 e. The van der Waals surface area contributed by atoms with Gasteiger partial charge in [0.05, 0.1) is 44.1 Å². The minimum atomic E-state index is 1.01. The fraction of sp³-hybridized carbons (Fsp3) is 0. The molecular formula is C55H30N4. The Morgan fingerprint density at radius 3 is 1.75 bits per heavy atom. The number of fused-ring (bicyclic) bond motifs is 19. The van der Waals surface area contributed by atoms with Gasteiger partial charge in [0.2, 0.25) is 0 Å². The van der Waals surface area contributed by atoms with Crippen molar-refractivity contribution in [1.82, 2.24) is 18.4 Å². The minimum absolute atomic E-state index is 1.01. The molecule has 0 bridgehead atoms. The highest BCUT2D eigenvalue weighted by atomic mass is 15.0. The lowest BCUT2D eigenvalue weighted by Gasteiger charge is -2.09. The van der Waals surface area contributed by atoms with Crippen molar-refractivity contribution in [2.24, 2.45) is 0 Å². The van der Waals surface area contributed by atoms with Gasteiger partial charge in [0, 0.05) is 59.7 Å². The number of pyridine rings is 1. The first kappa shape index (κ1) is 30.2. The highest BCUT2D eigenvalue weighted by molar-refractivity contribution is 6.35. The molecule has 15 rings (SSSR count). The molecule has 0 aliphatic rings. The molecule has 0 radical (unpaired) electrons. The Bertz CT molecular complexity index is 4300. The molecule has 0 spiro atoms. The summed E-state index contributed by atoms with van der Waals surface area (Å²) in [5, 5.41) is 16.2. The summed E-state index contributed by atoms with van der Waals surface area (Å²) in [4.78, 5) is 5.78. The van der Waals surface area contributed by atoms with Crippen LogP contribution < -0.4 is 0 Å². The fourth-order valence-electron chi connectivity index (χ4n) is 11.1. The van der Waals surface area contributed by atoms with Crippen LogP contribution in [0.3, 0.4) is 0 Å². The van der Waals surface area contributed by atoms with Gasteiger partial charge in [-0.15, -0.1) is 0 Å². The molecule has 0 aliphatic carbocycles. The average Bonchev–Trinajstić information content (AvgIpc) is 4.08. The predicted octanol–water partition coefficient (Wildman–Crippen LogP) is 14.5. The van der Waals surface area contributed by atoms with Crippen LogP contribution >= 0.6 is 0 Å². The molecule has 0 saturated carbocycles. The number of rotatable bonds is 2. The number of para-hydroxylation sites is 4. The van der Waals surface area contributed by atoms with Crippen molar-refractivity contribution in [1.29, 1.82) is 0 Å². The summed E-state index contributed by atoms with van der Waals surface area (Å²) in [6.45, 7) is 0. The summed E-state index contributed by atoms with van der Waals surface area (Å²) in [6, 6.07) is 67.2. The molecule has 0 N–H and O–H groups in total. The van der Waals surface area contributed by atoms with Gasteiger partial charge in [-0.2, -0.15) is 0 Å². The van der Waals surface area contributed by atoms with Crippen molar-refractivity contribution >= 4 is 120 Å². The summed E-state index contributed by atoms with van der Waals surface area (Å²) < 4.78 is 7.37. The number of hydrogen-bond donors (Lipinski definition) is 0. The summed E-state index contributed by atoms with van der Waals surface area (Å²) in [6.07, 6.45) is 0. The largest absolute Gasteiger partial charge is 0.309 e. The van der Waals surface area contributed by atoms with Gasteiger partial charge < -0.3 is 8.97 Å². The second kappa shape index (κ2) is 10.5. The fourth-order valence-corrected chi connectivity index (χ4v) is 11.1. The number of aromatic nitrogens is 4. The van der Waals surface area contributed by atoms with E-state index in [0.29, 0.717) is 0 Å². The Balaban J connectivity index is 1.13. The number of hydrogen-bond acceptors (Lipinski definition) is 1. The van der Waals surface area contributed by atoms with Crippen LogP contribution in [0.25, 0.3) is 137 Å². The molecule has 15 aromatic rings. The van der Waals surface area contributed by atoms with Gasteiger partial charge in [-0.05, 0) is 81.7 Å². The van der Waals surface area contributed by atoms with Crippen LogP contribution in [0.2, 0.25) is 0 Å². The van der Waals surface area contributed by atoms with Crippen LogP contribution in [-0.4, -0.2) is 18.4 Å². The monoisotopic (exact) mass is 746 g/mol. The summed E-state index contributed by atoms with van der Waals surface area (Å²) in [5.74, 6) is 0. The average molecular weight is 747 g/mol. The second-order valence-corrected chi connectivity index (χ2v) is 16.3. The molecule has 9 aromatic carbocycles. The maximum Gasteiger partial charge on any atom is 0.146 e. The number of nitrogens with zero attached hydrogens (tertiary/aromatic N) is 4. The van der Waals surface area contributed by atoms with Crippen molar-refractivity contribution < 1.29 is 0 Å². The molecule has 270 valence electrons. The molecule has 0 fully saturated rings. The van der Waals surface area contributed by atoms with Crippen LogP contribution in [-0.2, 0) is 0 Å². The normalized spacial score (nSPS) is 12.7. The lowest BCUT2D eigenvalue weighted by molar-refractivity contribution is 1.18. The molecular weight excluding hydrogens is 717 g/mol. The standard InChI is InChI=1S/C55H30N4/c1-2-15-34(16-3-1)57-45-23-10-8-19-38(45)41-27-33(25-26-47(41)57)37-21-12-22-40-49-35-17-6-5-14-32(35)29-44-51-48(58(52(37)40)54(44)49)30-43-50-36-18-7-4-13-31(36)28-42-39-20-9-11-24-46(39)59(53(42)50)55(43)56-51/h1-30H. The molecule has 0 aliphatic heterocycles. The second-order valence-electron chi connectivity index (χ2n) is 16.3. The summed E-state index contributed by atoms with van der Waals surface area (Å²) in [5.41, 5.74) is 14.1. The van der Waals surface area contributed by atoms with Gasteiger partial charge in [0.25, 0.3) is 0 Å². The van der Waals surface area contributed by atoms with Crippen LogP contribution in [0.5, 0.6) is 0 Å². The molecule has 0 unspecified atom stereocenters. The third-order valence-corrected chi connectivity index (χ3v) is 13.4. The van der Waals surface area contributed by atoms with Gasteiger partial charge in [-0.3, -0.25) is 4.40 Å². The zero-order valence-electron chi connectivity index (χ0n) is 31.6. The van der Waals surface area contributed by atoms with E-state index in [2.05, 4.69) is 195 Å². The van der Waals surface area contributed by atoms with E-state index >= 15 is 0 Å². The highest BCUT2D eigenvalue weighted by Gasteiger charge is 2.27. The van der Waals surface area contributed by atoms with E-state index in [1.165, 1.54) is 120 Å². The Morgan fingerprint density at radius 1 is 0.339 bits per heavy atom. The van der Waals surface area contributed by atoms with Crippen LogP contribution in [0.4, 0.5) is 0 Å². The van der Waals surface area contributed by atoms with Gasteiger partial charge in [0.15, 0.2) is 0 Å².